The molecule has 14 heavy (non-hydrogen) atoms. The Bertz CT molecular complexity index is 310. The first kappa shape index (κ1) is 13.3. The summed E-state index contributed by atoms with van der Waals surface area (Å²) in [6.07, 6.45) is 0.594. The second-order valence-electron chi connectivity index (χ2n) is 3.00. The third kappa shape index (κ3) is 3.60. The number of rotatable bonds is 5. The molecule has 0 heterocycles. The van der Waals surface area contributed by atoms with Gasteiger partial charge in [-0.05, 0) is 19.8 Å². The molecule has 0 amide bonds. The van der Waals surface area contributed by atoms with E-state index in [1.54, 1.807) is 13.8 Å². The van der Waals surface area contributed by atoms with E-state index in [-0.39, 0.29) is 12.1 Å². The maximum Gasteiger partial charge on any atom is 0.398 e. The van der Waals surface area contributed by atoms with Crippen LogP contribution in [-0.4, -0.2) is 29.5 Å². The largest absolute Gasteiger partial charge is 0.411 e. The summed E-state index contributed by atoms with van der Waals surface area (Å²) in [4.78, 5) is 0. The first-order valence-corrected chi connectivity index (χ1v) is 5.55. The molecule has 0 aromatic carbocycles. The highest BCUT2D eigenvalue weighted by Gasteiger charge is 2.34. The molecule has 0 rings (SSSR count). The topological polar surface area (TPSA) is 96.2 Å². The summed E-state index contributed by atoms with van der Waals surface area (Å²) in [5.74, 6) is 0. The summed E-state index contributed by atoms with van der Waals surface area (Å²) in [5.41, 5.74) is -1.13. The Morgan fingerprint density at radius 2 is 2.00 bits per heavy atom. The van der Waals surface area contributed by atoms with Crippen LogP contribution in [-0.2, 0) is 14.6 Å². The first-order valence-electron chi connectivity index (χ1n) is 4.18. The van der Waals surface area contributed by atoms with E-state index in [0.29, 0.717) is 6.42 Å². The second-order valence-corrected chi connectivity index (χ2v) is 4.02. The average Bonchev–Trinajstić information content (AvgIpc) is 2.03. The molecule has 0 aromatic heterocycles. The molecule has 0 aromatic rings. The van der Waals surface area contributed by atoms with Gasteiger partial charge < -0.3 is 5.21 Å². The van der Waals surface area contributed by atoms with Crippen LogP contribution >= 0.6 is 0 Å². The summed E-state index contributed by atoms with van der Waals surface area (Å²) >= 11 is 0. The van der Waals surface area contributed by atoms with E-state index in [2.05, 4.69) is 9.34 Å². The van der Waals surface area contributed by atoms with Crippen molar-refractivity contribution in [2.75, 3.05) is 0 Å². The van der Waals surface area contributed by atoms with Gasteiger partial charge in [0, 0.05) is 0 Å². The highest BCUT2D eigenvalue weighted by atomic mass is 32.3. The van der Waals surface area contributed by atoms with Crippen LogP contribution in [0.2, 0.25) is 0 Å². The van der Waals surface area contributed by atoms with Crippen molar-refractivity contribution in [2.45, 2.75) is 39.2 Å². The van der Waals surface area contributed by atoms with Gasteiger partial charge in [-0.25, -0.2) is 4.18 Å². The molecular weight excluding hydrogens is 210 g/mol. The van der Waals surface area contributed by atoms with Gasteiger partial charge in [0.1, 0.15) is 5.60 Å². The minimum atomic E-state index is -4.55. The van der Waals surface area contributed by atoms with Gasteiger partial charge in [0.15, 0.2) is 0 Å². The lowest BCUT2D eigenvalue weighted by molar-refractivity contribution is 0.135. The minimum Gasteiger partial charge on any atom is -0.411 e. The normalized spacial score (nSPS) is 17.9. The highest BCUT2D eigenvalue weighted by molar-refractivity contribution is 7.81. The van der Waals surface area contributed by atoms with Gasteiger partial charge in [0.25, 0.3) is 0 Å². The van der Waals surface area contributed by atoms with Crippen molar-refractivity contribution in [3.63, 3.8) is 0 Å². The Balaban J connectivity index is 4.99. The Kier molecular flexibility index (Phi) is 4.50. The van der Waals surface area contributed by atoms with Crippen molar-refractivity contribution < 1.29 is 22.4 Å². The minimum absolute atomic E-state index is 0.164. The molecule has 0 spiro atoms. The fraction of sp³-hybridized carbons (Fsp3) is 0.857. The van der Waals surface area contributed by atoms with E-state index in [0.717, 1.165) is 0 Å². The molecular formula is C7H15NO5S. The third-order valence-corrected chi connectivity index (χ3v) is 2.61. The fourth-order valence-corrected chi connectivity index (χ4v) is 1.77. The van der Waals surface area contributed by atoms with Crippen molar-refractivity contribution in [2.24, 2.45) is 5.16 Å². The van der Waals surface area contributed by atoms with Crippen LogP contribution in [0.25, 0.3) is 0 Å². The van der Waals surface area contributed by atoms with Gasteiger partial charge in [-0.1, -0.05) is 19.0 Å². The third-order valence-electron chi connectivity index (χ3n) is 2.03. The molecule has 0 fully saturated rings. The number of oxime groups is 1. The van der Waals surface area contributed by atoms with E-state index >= 15 is 0 Å². The number of nitrogens with zero attached hydrogens (tertiary/aromatic N) is 1. The van der Waals surface area contributed by atoms with Gasteiger partial charge in [0.2, 0.25) is 0 Å². The molecule has 0 radical (unpaired) electrons. The Morgan fingerprint density at radius 3 is 2.21 bits per heavy atom. The smallest absolute Gasteiger partial charge is 0.398 e. The summed E-state index contributed by atoms with van der Waals surface area (Å²) in [6.45, 7) is 4.78. The summed E-state index contributed by atoms with van der Waals surface area (Å²) in [7, 11) is -4.55. The molecule has 6 nitrogen and oxygen atoms in total. The van der Waals surface area contributed by atoms with Crippen molar-refractivity contribution >= 4 is 16.1 Å². The Hall–Kier alpha value is -0.660. The molecule has 1 unspecified atom stereocenters. The average molecular weight is 225 g/mol. The lowest BCUT2D eigenvalue weighted by Crippen LogP contribution is -2.39. The molecule has 1 atom stereocenters. The summed E-state index contributed by atoms with van der Waals surface area (Å²) in [6, 6.07) is 0. The van der Waals surface area contributed by atoms with Crippen LogP contribution in [0.5, 0.6) is 0 Å². The maximum absolute atomic E-state index is 10.5. The van der Waals surface area contributed by atoms with Gasteiger partial charge in [0.05, 0.1) is 5.71 Å². The monoisotopic (exact) mass is 225 g/mol. The van der Waals surface area contributed by atoms with E-state index in [1.165, 1.54) is 6.92 Å². The molecule has 0 aliphatic carbocycles. The SMILES string of the molecule is CC/C(=N\O)C(C)(CC)OS(=O)(=O)O. The molecule has 0 saturated heterocycles. The van der Waals surface area contributed by atoms with E-state index in [1.807, 2.05) is 0 Å². The zero-order valence-electron chi connectivity index (χ0n) is 8.39. The van der Waals surface area contributed by atoms with Crippen LogP contribution in [0.1, 0.15) is 33.6 Å². The van der Waals surface area contributed by atoms with Crippen LogP contribution in [0, 0.1) is 0 Å². The quantitative estimate of drug-likeness (QED) is 0.317. The molecule has 84 valence electrons. The highest BCUT2D eigenvalue weighted by Crippen LogP contribution is 2.21. The van der Waals surface area contributed by atoms with Crippen molar-refractivity contribution in [3.8, 4) is 0 Å². The lowest BCUT2D eigenvalue weighted by atomic mass is 9.95. The molecule has 0 bridgehead atoms. The van der Waals surface area contributed by atoms with Crippen molar-refractivity contribution in [1.29, 1.82) is 0 Å². The Morgan fingerprint density at radius 1 is 1.50 bits per heavy atom. The van der Waals surface area contributed by atoms with Gasteiger partial charge in [-0.2, -0.15) is 8.42 Å². The second kappa shape index (κ2) is 4.72. The fourth-order valence-electron chi connectivity index (χ4n) is 1.09. The molecule has 0 aliphatic rings. The molecule has 0 saturated carbocycles. The zero-order valence-corrected chi connectivity index (χ0v) is 9.21. The predicted octanol–water partition coefficient (Wildman–Crippen LogP) is 1.21. The lowest BCUT2D eigenvalue weighted by Gasteiger charge is -2.26. The van der Waals surface area contributed by atoms with Gasteiger partial charge in [-0.15, -0.1) is 0 Å². The van der Waals surface area contributed by atoms with Crippen LogP contribution in [0.3, 0.4) is 0 Å². The standard InChI is InChI=1S/C7H15NO5S/c1-4-6(8-9)7(3,5-2)13-14(10,11)12/h9H,4-5H2,1-3H3,(H,10,11,12)/b8-6+. The summed E-state index contributed by atoms with van der Waals surface area (Å²) in [5, 5.41) is 11.6. The van der Waals surface area contributed by atoms with E-state index < -0.39 is 16.0 Å². The predicted molar refractivity (Wildman–Crippen MR) is 50.8 cm³/mol. The van der Waals surface area contributed by atoms with Crippen molar-refractivity contribution in [3.05, 3.63) is 0 Å². The zero-order chi connectivity index (χ0) is 11.4. The van der Waals surface area contributed by atoms with E-state index in [9.17, 15) is 8.42 Å². The Labute approximate surface area is 83.5 Å². The number of hydrogen-bond acceptors (Lipinski definition) is 5. The maximum atomic E-state index is 10.5. The summed E-state index contributed by atoms with van der Waals surface area (Å²) < 4.78 is 34.1. The van der Waals surface area contributed by atoms with Crippen molar-refractivity contribution in [1.82, 2.24) is 0 Å². The van der Waals surface area contributed by atoms with Gasteiger partial charge in [-0.3, -0.25) is 4.55 Å². The number of hydrogen-bond donors (Lipinski definition) is 2. The van der Waals surface area contributed by atoms with Crippen LogP contribution < -0.4 is 0 Å². The molecule has 2 N–H and O–H groups in total. The molecule has 0 aliphatic heterocycles. The van der Waals surface area contributed by atoms with Crippen LogP contribution in [0.4, 0.5) is 0 Å². The van der Waals surface area contributed by atoms with E-state index in [4.69, 9.17) is 9.76 Å². The van der Waals surface area contributed by atoms with Crippen LogP contribution in [0.15, 0.2) is 5.16 Å². The molecule has 7 heteroatoms. The first-order chi connectivity index (χ1) is 6.29. The van der Waals surface area contributed by atoms with Gasteiger partial charge >= 0.3 is 10.4 Å².